The third-order valence-corrected chi connectivity index (χ3v) is 5.81. The number of aryl methyl sites for hydroxylation is 2. The van der Waals surface area contributed by atoms with E-state index in [2.05, 4.69) is 4.72 Å². The van der Waals surface area contributed by atoms with Crippen LogP contribution in [0.25, 0.3) is 0 Å². The molecule has 1 unspecified atom stereocenters. The number of carboxylic acid groups (broad SMARTS) is 1. The van der Waals surface area contributed by atoms with Crippen LogP contribution in [0.2, 0.25) is 0 Å². The molecular weight excluding hydrogens is 286 g/mol. The van der Waals surface area contributed by atoms with Crippen molar-refractivity contribution < 1.29 is 18.3 Å². The second kappa shape index (κ2) is 6.02. The van der Waals surface area contributed by atoms with Crippen molar-refractivity contribution in [3.8, 4) is 0 Å². The molecular formula is C12H19NO4S2. The first-order chi connectivity index (χ1) is 8.63. The summed E-state index contributed by atoms with van der Waals surface area (Å²) in [6.45, 7) is 7.36. The van der Waals surface area contributed by atoms with Crippen molar-refractivity contribution in [1.29, 1.82) is 0 Å². The maximum absolute atomic E-state index is 12.1. The van der Waals surface area contributed by atoms with Crippen molar-refractivity contribution in [2.75, 3.05) is 0 Å². The number of hydrogen-bond donors (Lipinski definition) is 2. The number of thiophene rings is 1. The zero-order valence-corrected chi connectivity index (χ0v) is 13.1. The van der Waals surface area contributed by atoms with Crippen LogP contribution >= 0.6 is 11.3 Å². The highest BCUT2D eigenvalue weighted by molar-refractivity contribution is 7.91. The number of carbonyl (C=O) groups is 1. The minimum atomic E-state index is -3.76. The molecule has 1 heterocycles. The lowest BCUT2D eigenvalue weighted by Gasteiger charge is -2.15. The van der Waals surface area contributed by atoms with Crippen LogP contribution in [-0.2, 0) is 14.8 Å². The van der Waals surface area contributed by atoms with E-state index in [0.29, 0.717) is 0 Å². The summed E-state index contributed by atoms with van der Waals surface area (Å²) in [5.41, 5.74) is 0.890. The first kappa shape index (κ1) is 16.1. The highest BCUT2D eigenvalue weighted by Gasteiger charge is 2.27. The Labute approximate surface area is 117 Å². The average Bonchev–Trinajstić information content (AvgIpc) is 2.58. The van der Waals surface area contributed by atoms with E-state index in [9.17, 15) is 13.2 Å². The molecule has 1 rings (SSSR count). The van der Waals surface area contributed by atoms with E-state index < -0.39 is 22.0 Å². The Morgan fingerprint density at radius 1 is 1.42 bits per heavy atom. The molecule has 0 amide bonds. The van der Waals surface area contributed by atoms with E-state index in [1.807, 2.05) is 27.7 Å². The fourth-order valence-electron chi connectivity index (χ4n) is 1.59. The smallest absolute Gasteiger partial charge is 0.321 e. The van der Waals surface area contributed by atoms with E-state index in [0.717, 1.165) is 21.8 Å². The summed E-state index contributed by atoms with van der Waals surface area (Å²) in [6, 6.07) is 0.476. The van der Waals surface area contributed by atoms with Gasteiger partial charge in [-0.25, -0.2) is 8.42 Å². The van der Waals surface area contributed by atoms with Gasteiger partial charge in [0.15, 0.2) is 0 Å². The number of sulfonamides is 1. The Bertz CT molecular complexity index is 541. The van der Waals surface area contributed by atoms with Gasteiger partial charge in [-0.15, -0.1) is 11.3 Å². The van der Waals surface area contributed by atoms with Crippen molar-refractivity contribution in [3.63, 3.8) is 0 Å². The first-order valence-corrected chi connectivity index (χ1v) is 8.25. The second-order valence-electron chi connectivity index (χ2n) is 4.95. The summed E-state index contributed by atoms with van der Waals surface area (Å²) in [4.78, 5) is 12.0. The molecule has 1 aromatic heterocycles. The average molecular weight is 305 g/mol. The van der Waals surface area contributed by atoms with E-state index in [1.54, 1.807) is 6.07 Å². The molecule has 0 aliphatic carbocycles. The van der Waals surface area contributed by atoms with Crippen molar-refractivity contribution in [2.45, 2.75) is 44.4 Å². The van der Waals surface area contributed by atoms with E-state index in [4.69, 9.17) is 5.11 Å². The predicted octanol–water partition coefficient (Wildman–Crippen LogP) is 2.14. The third kappa shape index (κ3) is 4.29. The SMILES string of the molecule is Cc1cc(S(=O)(=O)NC(CC(C)C)C(=O)O)sc1C. The van der Waals surface area contributed by atoms with Gasteiger partial charge in [-0.05, 0) is 37.8 Å². The van der Waals surface area contributed by atoms with Gasteiger partial charge in [-0.2, -0.15) is 4.72 Å². The van der Waals surface area contributed by atoms with Crippen molar-refractivity contribution >= 4 is 27.3 Å². The minimum absolute atomic E-state index is 0.0932. The molecule has 1 aromatic rings. The highest BCUT2D eigenvalue weighted by Crippen LogP contribution is 2.25. The molecule has 19 heavy (non-hydrogen) atoms. The molecule has 0 aromatic carbocycles. The molecule has 0 saturated carbocycles. The molecule has 1 atom stereocenters. The van der Waals surface area contributed by atoms with Crippen molar-refractivity contribution in [2.24, 2.45) is 5.92 Å². The summed E-state index contributed by atoms with van der Waals surface area (Å²) >= 11 is 1.15. The van der Waals surface area contributed by atoms with Crippen LogP contribution in [0.1, 0.15) is 30.7 Å². The van der Waals surface area contributed by atoms with Gasteiger partial charge >= 0.3 is 5.97 Å². The lowest BCUT2D eigenvalue weighted by Crippen LogP contribution is -2.41. The van der Waals surface area contributed by atoms with Crippen LogP contribution in [0.15, 0.2) is 10.3 Å². The Morgan fingerprint density at radius 2 is 2.00 bits per heavy atom. The lowest BCUT2D eigenvalue weighted by atomic mass is 10.1. The van der Waals surface area contributed by atoms with Crippen LogP contribution in [0.5, 0.6) is 0 Å². The van der Waals surface area contributed by atoms with Crippen molar-refractivity contribution in [1.82, 2.24) is 4.72 Å². The van der Waals surface area contributed by atoms with Crippen LogP contribution in [-0.4, -0.2) is 25.5 Å². The predicted molar refractivity (Wildman–Crippen MR) is 75.0 cm³/mol. The van der Waals surface area contributed by atoms with E-state index in [-0.39, 0.29) is 16.5 Å². The largest absolute Gasteiger partial charge is 0.480 e. The first-order valence-electron chi connectivity index (χ1n) is 5.95. The van der Waals surface area contributed by atoms with Gasteiger partial charge in [0.2, 0.25) is 0 Å². The molecule has 2 N–H and O–H groups in total. The fourth-order valence-corrected chi connectivity index (χ4v) is 4.32. The Kier molecular flexibility index (Phi) is 5.11. The number of carboxylic acids is 1. The molecule has 0 bridgehead atoms. The zero-order valence-electron chi connectivity index (χ0n) is 11.4. The van der Waals surface area contributed by atoms with Crippen LogP contribution in [0, 0.1) is 19.8 Å². The standard InChI is InChI=1S/C12H19NO4S2/c1-7(2)5-10(12(14)15)13-19(16,17)11-6-8(3)9(4)18-11/h6-7,10,13H,5H2,1-4H3,(H,14,15). The van der Waals surface area contributed by atoms with E-state index >= 15 is 0 Å². The second-order valence-corrected chi connectivity index (χ2v) is 8.14. The zero-order chi connectivity index (χ0) is 14.8. The monoisotopic (exact) mass is 305 g/mol. The van der Waals surface area contributed by atoms with Crippen LogP contribution in [0.4, 0.5) is 0 Å². The molecule has 0 aliphatic heterocycles. The van der Waals surface area contributed by atoms with E-state index in [1.165, 1.54) is 0 Å². The van der Waals surface area contributed by atoms with Gasteiger partial charge in [0.25, 0.3) is 10.0 Å². The molecule has 108 valence electrons. The highest BCUT2D eigenvalue weighted by atomic mass is 32.2. The summed E-state index contributed by atoms with van der Waals surface area (Å²) < 4.78 is 26.7. The van der Waals surface area contributed by atoms with Crippen molar-refractivity contribution in [3.05, 3.63) is 16.5 Å². The maximum atomic E-state index is 12.1. The van der Waals surface area contributed by atoms with Crippen LogP contribution < -0.4 is 4.72 Å². The Balaban J connectivity index is 2.97. The topological polar surface area (TPSA) is 83.5 Å². The summed E-state index contributed by atoms with van der Waals surface area (Å²) in [5, 5.41) is 9.07. The third-order valence-electron chi connectivity index (χ3n) is 2.71. The normalized spacial score (nSPS) is 13.7. The number of nitrogens with one attached hydrogen (secondary N) is 1. The number of aliphatic carboxylic acids is 1. The van der Waals surface area contributed by atoms with Crippen LogP contribution in [0.3, 0.4) is 0 Å². The van der Waals surface area contributed by atoms with Gasteiger partial charge in [-0.3, -0.25) is 4.79 Å². The van der Waals surface area contributed by atoms with Gasteiger partial charge in [0.1, 0.15) is 10.3 Å². The number of rotatable bonds is 6. The van der Waals surface area contributed by atoms with Gasteiger partial charge < -0.3 is 5.11 Å². The summed E-state index contributed by atoms with van der Waals surface area (Å²) in [5.74, 6) is -1.06. The molecule has 0 aliphatic rings. The van der Waals surface area contributed by atoms with Gasteiger partial charge in [0, 0.05) is 4.88 Å². The quantitative estimate of drug-likeness (QED) is 0.843. The molecule has 7 heteroatoms. The molecule has 5 nitrogen and oxygen atoms in total. The lowest BCUT2D eigenvalue weighted by molar-refractivity contribution is -0.139. The molecule has 0 radical (unpaired) electrons. The minimum Gasteiger partial charge on any atom is -0.480 e. The Morgan fingerprint density at radius 3 is 2.37 bits per heavy atom. The maximum Gasteiger partial charge on any atom is 0.321 e. The molecule has 0 spiro atoms. The molecule has 0 saturated heterocycles. The number of hydrogen-bond acceptors (Lipinski definition) is 4. The Hall–Kier alpha value is -0.920. The summed E-state index contributed by atoms with van der Waals surface area (Å²) in [6.07, 6.45) is 0.262. The molecule has 0 fully saturated rings. The van der Waals surface area contributed by atoms with Gasteiger partial charge in [0.05, 0.1) is 0 Å². The summed E-state index contributed by atoms with van der Waals surface area (Å²) in [7, 11) is -3.76. The fraction of sp³-hybridized carbons (Fsp3) is 0.583. The van der Waals surface area contributed by atoms with Gasteiger partial charge in [-0.1, -0.05) is 13.8 Å².